The minimum atomic E-state index is -0.841. The SMILES string of the molecule is COC(=O)CCCCOc1cc(COc2cc3c(cc2C)C(=O)N2c4ccccc4C[C@H]2C=N3)cc(COc2cc3c(cc2OC)C(=O)N2c4ccccc4C[C@H]2C=N3)c1.COc1cc2c(cc1OCc1cc(COc3cc4c(cc3C)C(=O)N3c5ccccc5C[C@H]3C=N4)cc(OCCCCC(=O)O)c1)N=C[C@@H]1Cc3ccccc3N1C2=O. The Labute approximate surface area is 687 Å². The number of methoxy groups -OCH3 is 3. The van der Waals surface area contributed by atoms with Gasteiger partial charge in [-0.15, -0.1) is 0 Å². The van der Waals surface area contributed by atoms with Crippen molar-refractivity contribution in [3.63, 3.8) is 0 Å². The largest absolute Gasteiger partial charge is 0.494 e. The third-order valence-corrected chi connectivity index (χ3v) is 22.5. The minimum Gasteiger partial charge on any atom is -0.494 e. The topological polar surface area (TPSA) is 268 Å². The van der Waals surface area contributed by atoms with E-state index >= 15 is 0 Å². The lowest BCUT2D eigenvalue weighted by molar-refractivity contribution is -0.141. The van der Waals surface area contributed by atoms with Gasteiger partial charge in [0.2, 0.25) is 0 Å². The third kappa shape index (κ3) is 16.0. The van der Waals surface area contributed by atoms with Gasteiger partial charge in [0.05, 0.1) is 104 Å². The highest BCUT2D eigenvalue weighted by atomic mass is 16.5. The summed E-state index contributed by atoms with van der Waals surface area (Å²) in [5.74, 6) is 2.54. The van der Waals surface area contributed by atoms with Gasteiger partial charge in [-0.05, 0) is 180 Å². The predicted octanol–water partition coefficient (Wildman–Crippen LogP) is 16.8. The van der Waals surface area contributed by atoms with Crippen LogP contribution in [0, 0.1) is 13.8 Å². The molecule has 0 unspecified atom stereocenters. The highest BCUT2D eigenvalue weighted by Gasteiger charge is 2.41. The van der Waals surface area contributed by atoms with Gasteiger partial charge < -0.3 is 47.7 Å². The number of unbranched alkanes of at least 4 members (excludes halogenated alkanes) is 2. The Hall–Kier alpha value is -13.9. The molecule has 4 atom stereocenters. The molecule has 0 saturated carbocycles. The van der Waals surface area contributed by atoms with Crippen molar-refractivity contribution in [1.82, 2.24) is 0 Å². The Morgan fingerprint density at radius 2 is 0.664 bits per heavy atom. The van der Waals surface area contributed by atoms with Crippen LogP contribution in [0.25, 0.3) is 0 Å². The summed E-state index contributed by atoms with van der Waals surface area (Å²) in [7, 11) is 4.47. The number of carbonyl (C=O) groups excluding carboxylic acids is 5. The van der Waals surface area contributed by atoms with Crippen LogP contribution in [-0.2, 0) is 66.4 Å². The average Bonchev–Trinajstić information content (AvgIpc) is 1.63. The maximum Gasteiger partial charge on any atom is 0.305 e. The minimum absolute atomic E-state index is 0.0717. The lowest BCUT2D eigenvalue weighted by Gasteiger charge is -2.22. The number of aliphatic carboxylic acids is 1. The van der Waals surface area contributed by atoms with E-state index in [0.717, 1.165) is 84.8 Å². The van der Waals surface area contributed by atoms with Gasteiger partial charge in [0.1, 0.15) is 49.4 Å². The number of hydrogen-bond donors (Lipinski definition) is 1. The Balaban J connectivity index is 0.000000170. The van der Waals surface area contributed by atoms with Crippen molar-refractivity contribution in [3.05, 3.63) is 260 Å². The van der Waals surface area contributed by atoms with E-state index in [2.05, 4.69) is 12.1 Å². The number of aryl methyl sites for hydroxylation is 2. The van der Waals surface area contributed by atoms with Gasteiger partial charge in [-0.1, -0.05) is 72.8 Å². The van der Waals surface area contributed by atoms with Gasteiger partial charge >= 0.3 is 11.9 Å². The zero-order chi connectivity index (χ0) is 82.0. The molecule has 0 radical (unpaired) electrons. The van der Waals surface area contributed by atoms with Crippen molar-refractivity contribution in [1.29, 1.82) is 0 Å². The summed E-state index contributed by atoms with van der Waals surface area (Å²) in [6.07, 6.45) is 12.9. The first kappa shape index (κ1) is 77.7. The maximum atomic E-state index is 13.9. The lowest BCUT2D eigenvalue weighted by atomic mass is 10.1. The number of esters is 1. The van der Waals surface area contributed by atoms with Gasteiger partial charge in [0, 0.05) is 110 Å². The van der Waals surface area contributed by atoms with Crippen LogP contribution in [0.1, 0.15) is 136 Å². The summed E-state index contributed by atoms with van der Waals surface area (Å²) in [4.78, 5) is 105. The van der Waals surface area contributed by atoms with Crippen molar-refractivity contribution in [3.8, 4) is 46.0 Å². The first-order valence-electron chi connectivity index (χ1n) is 39.9. The number of hydrogen-bond acceptors (Lipinski definition) is 19. The zero-order valence-corrected chi connectivity index (χ0v) is 66.4. The van der Waals surface area contributed by atoms with Crippen LogP contribution < -0.4 is 57.5 Å². The number of amides is 4. The number of aliphatic imine (C=N–C) groups is 4. The number of benzene rings is 10. The second kappa shape index (κ2) is 33.7. The molecular formula is C95H86N8O16. The predicted molar refractivity (Wildman–Crippen MR) is 452 cm³/mol. The van der Waals surface area contributed by atoms with E-state index in [1.165, 1.54) is 14.2 Å². The van der Waals surface area contributed by atoms with E-state index in [9.17, 15) is 28.8 Å². The normalized spacial score (nSPS) is 16.8. The summed E-state index contributed by atoms with van der Waals surface area (Å²) in [5, 5.41) is 9.07. The third-order valence-electron chi connectivity index (χ3n) is 22.5. The molecule has 0 aromatic heterocycles. The molecule has 10 aromatic rings. The van der Waals surface area contributed by atoms with Gasteiger partial charge in [-0.2, -0.15) is 0 Å². The molecular weight excluding hydrogens is 1510 g/mol. The number of ether oxygens (including phenoxy) is 9. The fourth-order valence-corrected chi connectivity index (χ4v) is 16.6. The average molecular weight is 1600 g/mol. The summed E-state index contributed by atoms with van der Waals surface area (Å²) >= 11 is 0. The van der Waals surface area contributed by atoms with E-state index in [-0.39, 0.29) is 86.6 Å². The number of carboxylic acids is 1. The second-order valence-electron chi connectivity index (χ2n) is 30.4. The fraction of sp³-hybridized carbons (Fsp3) is 0.263. The highest BCUT2D eigenvalue weighted by Crippen LogP contribution is 2.46. The van der Waals surface area contributed by atoms with Crippen molar-refractivity contribution in [2.24, 2.45) is 20.0 Å². The smallest absolute Gasteiger partial charge is 0.305 e. The molecule has 18 rings (SSSR count). The van der Waals surface area contributed by atoms with E-state index in [1.807, 2.05) is 194 Å². The van der Waals surface area contributed by atoms with Crippen LogP contribution in [0.15, 0.2) is 202 Å². The Bertz CT molecular complexity index is 5850. The Morgan fingerprint density at radius 3 is 0.983 bits per heavy atom. The molecule has 24 heteroatoms. The molecule has 4 amide bonds. The monoisotopic (exact) mass is 1590 g/mol. The number of nitrogens with zero attached hydrogens (tertiary/aromatic N) is 8. The van der Waals surface area contributed by atoms with Crippen LogP contribution >= 0.6 is 0 Å². The van der Waals surface area contributed by atoms with Crippen LogP contribution in [-0.4, -0.2) is 124 Å². The standard InChI is InChI=1S/C48H44N4O8.C47H42N4O8/c1-29-16-37-39(49-25-34-20-32-10-4-6-12-41(32)51(34)47(37)54)23-43(29)59-27-30-17-31(19-36(18-30)58-15-9-8-14-46(53)57-3)28-60-45-24-40-38(22-44(45)56-2)48(55)52-35(26-50-40)21-33-11-5-7-13-42(33)52;1-28-15-36-38(48-24-33-19-31-9-3-5-11-40(31)50(33)46(36)54)22-42(28)58-26-29-16-30(18-35(17-29)57-14-8-7-13-45(52)53)27-59-44-23-39-37(21-43(44)56-2)47(55)51-34(25-49-39)20-32-10-4-6-12-41(32)51/h4-7,10-13,16-19,22-26,34-35H,8-9,14-15,20-21,27-28H2,1-3H3;3-6,9-12,15-18,21-25,33-34H,7-8,13-14,19-20,26-27H2,1-2H3,(H,52,53)/t34-,35-;33-,34-/m00/s1. The number of carboxylic acid groups (broad SMARTS) is 1. The van der Waals surface area contributed by atoms with Crippen molar-refractivity contribution < 1.29 is 76.5 Å². The molecule has 119 heavy (non-hydrogen) atoms. The van der Waals surface area contributed by atoms with Crippen molar-refractivity contribution in [2.45, 2.75) is 129 Å². The maximum absolute atomic E-state index is 13.9. The molecule has 8 heterocycles. The zero-order valence-electron chi connectivity index (χ0n) is 66.4. The molecule has 24 nitrogen and oxygen atoms in total. The number of fused-ring (bicyclic) bond motifs is 16. The second-order valence-corrected chi connectivity index (χ2v) is 30.4. The number of rotatable bonds is 26. The lowest BCUT2D eigenvalue weighted by Crippen LogP contribution is -2.37. The molecule has 0 saturated heterocycles. The fourth-order valence-electron chi connectivity index (χ4n) is 16.6. The Morgan fingerprint density at radius 1 is 0.361 bits per heavy atom. The van der Waals surface area contributed by atoms with E-state index in [0.29, 0.717) is 156 Å². The highest BCUT2D eigenvalue weighted by molar-refractivity contribution is 6.18. The molecule has 1 N–H and O–H groups in total. The van der Waals surface area contributed by atoms with Gasteiger partial charge in [-0.3, -0.25) is 68.3 Å². The van der Waals surface area contributed by atoms with Crippen molar-refractivity contribution >= 4 is 106 Å². The number of carbonyl (C=O) groups is 6. The quantitative estimate of drug-likeness (QED) is 0.0390. The van der Waals surface area contributed by atoms with E-state index in [1.54, 1.807) is 41.2 Å². The van der Waals surface area contributed by atoms with Crippen LogP contribution in [0.2, 0.25) is 0 Å². The molecule has 10 aromatic carbocycles. The van der Waals surface area contributed by atoms with E-state index in [4.69, 9.17) is 67.7 Å². The van der Waals surface area contributed by atoms with Gasteiger partial charge in [-0.25, -0.2) is 0 Å². The summed E-state index contributed by atoms with van der Waals surface area (Å²) in [6, 6.07) is 56.9. The molecule has 0 spiro atoms. The van der Waals surface area contributed by atoms with E-state index < -0.39 is 5.97 Å². The van der Waals surface area contributed by atoms with Crippen LogP contribution in [0.3, 0.4) is 0 Å². The van der Waals surface area contributed by atoms with Crippen LogP contribution in [0.4, 0.5) is 45.5 Å². The van der Waals surface area contributed by atoms with Gasteiger partial charge in [0.25, 0.3) is 23.6 Å². The molecule has 602 valence electrons. The number of anilines is 4. The molecule has 0 fully saturated rings. The molecule has 0 bridgehead atoms. The Kier molecular flexibility index (Phi) is 22.0. The van der Waals surface area contributed by atoms with Crippen molar-refractivity contribution in [2.75, 3.05) is 54.1 Å². The molecule has 8 aliphatic rings. The van der Waals surface area contributed by atoms with Crippen LogP contribution in [0.5, 0.6) is 46.0 Å². The first-order chi connectivity index (χ1) is 58.0. The summed E-state index contributed by atoms with van der Waals surface area (Å²) in [5.41, 5.74) is 17.0. The summed E-state index contributed by atoms with van der Waals surface area (Å²) < 4.78 is 54.1. The van der Waals surface area contributed by atoms with Gasteiger partial charge in [0.15, 0.2) is 23.0 Å². The summed E-state index contributed by atoms with van der Waals surface area (Å²) in [6.45, 7) is 5.24. The molecule has 0 aliphatic carbocycles. The number of para-hydroxylation sites is 4. The first-order valence-corrected chi connectivity index (χ1v) is 39.9. The molecule has 8 aliphatic heterocycles.